The predicted molar refractivity (Wildman–Crippen MR) is 161 cm³/mol. The number of hydrogen-bond donors (Lipinski definition) is 5. The number of fused-ring (bicyclic) bond motifs is 7. The number of aliphatic hydroxyl groups is 3. The van der Waals surface area contributed by atoms with E-state index in [2.05, 4.69) is 40.7 Å². The largest absolute Gasteiger partial charge is 0.481 e. The number of rotatable bonds is 4. The molecule has 44 heavy (non-hydrogen) atoms. The molecule has 1 saturated heterocycles. The molecule has 0 unspecified atom stereocenters. The SMILES string of the molecule is CC1(C)CC[C@]2(C(=O)O)CC[C@]3(C)C(=CC[C@@H]4[C@@]5(C)CC[C@H](O[C@@H]6OC[C@@H](O)[C@H](O)[C@H]6O)[C@@](C)(C(=O)O)[C@H]5CC[C@]43C)[C@H]2C1. The molecule has 248 valence electrons. The van der Waals surface area contributed by atoms with Crippen LogP contribution >= 0.6 is 0 Å². The summed E-state index contributed by atoms with van der Waals surface area (Å²) in [6, 6.07) is 0. The number of carboxylic acids is 2. The fraction of sp³-hybridized carbons (Fsp3) is 0.886. The molecule has 0 aromatic carbocycles. The van der Waals surface area contributed by atoms with Crippen molar-refractivity contribution in [3.05, 3.63) is 11.6 Å². The van der Waals surface area contributed by atoms with E-state index in [0.717, 1.165) is 44.9 Å². The highest BCUT2D eigenvalue weighted by atomic mass is 16.7. The van der Waals surface area contributed by atoms with Gasteiger partial charge in [-0.3, -0.25) is 9.59 Å². The molecule has 0 radical (unpaired) electrons. The van der Waals surface area contributed by atoms with Crippen LogP contribution < -0.4 is 0 Å². The number of hydrogen-bond acceptors (Lipinski definition) is 7. The summed E-state index contributed by atoms with van der Waals surface area (Å²) >= 11 is 0. The Bertz CT molecular complexity index is 1230. The van der Waals surface area contributed by atoms with Gasteiger partial charge in [-0.2, -0.15) is 0 Å². The Labute approximate surface area is 261 Å². The third kappa shape index (κ3) is 4.21. The van der Waals surface area contributed by atoms with Crippen molar-refractivity contribution in [1.82, 2.24) is 0 Å². The van der Waals surface area contributed by atoms with E-state index in [1.165, 1.54) is 5.57 Å². The highest BCUT2D eigenvalue weighted by molar-refractivity contribution is 5.77. The summed E-state index contributed by atoms with van der Waals surface area (Å²) in [6.07, 6.45) is 3.98. The minimum Gasteiger partial charge on any atom is -0.481 e. The molecule has 5 N–H and O–H groups in total. The summed E-state index contributed by atoms with van der Waals surface area (Å²) in [7, 11) is 0. The Morgan fingerprint density at radius 3 is 2.18 bits per heavy atom. The number of allylic oxidation sites excluding steroid dienone is 2. The zero-order valence-electron chi connectivity index (χ0n) is 27.3. The van der Waals surface area contributed by atoms with Crippen LogP contribution in [0.1, 0.15) is 106 Å². The zero-order valence-corrected chi connectivity index (χ0v) is 27.3. The molecule has 4 saturated carbocycles. The molecule has 0 bridgehead atoms. The fourth-order valence-corrected chi connectivity index (χ4v) is 11.9. The van der Waals surface area contributed by atoms with Crippen LogP contribution in [0, 0.1) is 50.2 Å². The van der Waals surface area contributed by atoms with E-state index >= 15 is 0 Å². The topological polar surface area (TPSA) is 154 Å². The predicted octanol–water partition coefficient (Wildman–Crippen LogP) is 4.76. The third-order valence-corrected chi connectivity index (χ3v) is 14.9. The number of carbonyl (C=O) groups is 2. The first kappa shape index (κ1) is 32.4. The molecule has 0 aromatic heterocycles. The summed E-state index contributed by atoms with van der Waals surface area (Å²) in [5.74, 6) is -1.51. The van der Waals surface area contributed by atoms with Crippen LogP contribution in [0.3, 0.4) is 0 Å². The Morgan fingerprint density at radius 2 is 1.52 bits per heavy atom. The van der Waals surface area contributed by atoms with Crippen LogP contribution in [0.25, 0.3) is 0 Å². The standard InChI is InChI=1S/C35H54O9/c1-30(2)13-15-35(29(41)42)16-14-32(4)19(20(35)17-30)7-8-22-31(3)11-10-24(44-27-26(38)25(37)21(36)18-43-27)34(6,28(39)40)23(31)9-12-33(22,32)5/h7,20-27,36-38H,8-18H2,1-6H3,(H,39,40)(H,41,42)/t20-,21-,22-,23+,24+,25+,26-,27+,31-,32-,33-,34+,35+/m1/s1. The van der Waals surface area contributed by atoms with Crippen LogP contribution in [-0.4, -0.2) is 74.8 Å². The quantitative estimate of drug-likeness (QED) is 0.222. The first-order valence-electron chi connectivity index (χ1n) is 16.9. The van der Waals surface area contributed by atoms with E-state index < -0.39 is 53.5 Å². The normalized spacial score (nSPS) is 53.2. The molecule has 0 spiro atoms. The van der Waals surface area contributed by atoms with Crippen molar-refractivity contribution in [2.75, 3.05) is 6.61 Å². The van der Waals surface area contributed by atoms with Crippen molar-refractivity contribution < 1.29 is 44.6 Å². The fourth-order valence-electron chi connectivity index (χ4n) is 11.9. The van der Waals surface area contributed by atoms with Gasteiger partial charge in [0.25, 0.3) is 0 Å². The van der Waals surface area contributed by atoms with Gasteiger partial charge in [0.15, 0.2) is 6.29 Å². The molecule has 1 aliphatic heterocycles. The van der Waals surface area contributed by atoms with Gasteiger partial charge in [0.1, 0.15) is 18.3 Å². The van der Waals surface area contributed by atoms with E-state index in [1.807, 2.05) is 0 Å². The maximum absolute atomic E-state index is 13.2. The molecule has 13 atom stereocenters. The van der Waals surface area contributed by atoms with E-state index in [4.69, 9.17) is 9.47 Å². The smallest absolute Gasteiger partial charge is 0.312 e. The molecular formula is C35H54O9. The second kappa shape index (κ2) is 10.2. The minimum absolute atomic E-state index is 0.0232. The molecule has 9 heteroatoms. The number of ether oxygens (including phenoxy) is 2. The number of carboxylic acid groups (broad SMARTS) is 2. The lowest BCUT2D eigenvalue weighted by Crippen LogP contribution is -2.67. The lowest BCUT2D eigenvalue weighted by atomic mass is 9.33. The molecule has 9 nitrogen and oxygen atoms in total. The number of aliphatic carboxylic acids is 2. The van der Waals surface area contributed by atoms with Gasteiger partial charge in [-0.05, 0) is 111 Å². The van der Waals surface area contributed by atoms with Gasteiger partial charge in [-0.1, -0.05) is 46.3 Å². The van der Waals surface area contributed by atoms with Crippen LogP contribution in [0.5, 0.6) is 0 Å². The molecule has 0 aromatic rings. The summed E-state index contributed by atoms with van der Waals surface area (Å²) in [5.41, 5.74) is -1.06. The van der Waals surface area contributed by atoms with Crippen molar-refractivity contribution >= 4 is 11.9 Å². The third-order valence-electron chi connectivity index (χ3n) is 14.9. The van der Waals surface area contributed by atoms with Crippen LogP contribution in [0.4, 0.5) is 0 Å². The maximum Gasteiger partial charge on any atom is 0.312 e. The monoisotopic (exact) mass is 618 g/mol. The first-order valence-corrected chi connectivity index (χ1v) is 16.9. The van der Waals surface area contributed by atoms with Crippen molar-refractivity contribution in [2.45, 2.75) is 136 Å². The minimum atomic E-state index is -1.48. The van der Waals surface area contributed by atoms with Crippen LogP contribution in [0.15, 0.2) is 11.6 Å². The van der Waals surface area contributed by atoms with Gasteiger partial charge in [0, 0.05) is 0 Å². The summed E-state index contributed by atoms with van der Waals surface area (Å²) < 4.78 is 11.8. The highest BCUT2D eigenvalue weighted by Gasteiger charge is 2.71. The molecule has 6 aliphatic rings. The number of aliphatic hydroxyl groups excluding tert-OH is 3. The van der Waals surface area contributed by atoms with Crippen molar-refractivity contribution in [1.29, 1.82) is 0 Å². The molecule has 5 aliphatic carbocycles. The Hall–Kier alpha value is -1.52. The summed E-state index contributed by atoms with van der Waals surface area (Å²) in [5, 5.41) is 52.1. The van der Waals surface area contributed by atoms with Gasteiger partial charge in [-0.15, -0.1) is 0 Å². The van der Waals surface area contributed by atoms with Gasteiger partial charge in [0.2, 0.25) is 0 Å². The zero-order chi connectivity index (χ0) is 32.3. The maximum atomic E-state index is 13.2. The molecule has 5 fully saturated rings. The molecule has 1 heterocycles. The molecular weight excluding hydrogens is 564 g/mol. The Morgan fingerprint density at radius 1 is 0.841 bits per heavy atom. The molecule has 0 amide bonds. The van der Waals surface area contributed by atoms with Crippen LogP contribution in [0.2, 0.25) is 0 Å². The summed E-state index contributed by atoms with van der Waals surface area (Å²) in [4.78, 5) is 26.2. The van der Waals surface area contributed by atoms with E-state index in [1.54, 1.807) is 6.92 Å². The lowest BCUT2D eigenvalue weighted by Gasteiger charge is -2.71. The van der Waals surface area contributed by atoms with E-state index in [0.29, 0.717) is 19.3 Å². The van der Waals surface area contributed by atoms with Gasteiger partial charge < -0.3 is 35.0 Å². The molecule has 6 rings (SSSR count). The second-order valence-electron chi connectivity index (χ2n) is 17.2. The second-order valence-corrected chi connectivity index (χ2v) is 17.2. The van der Waals surface area contributed by atoms with Crippen molar-refractivity contribution in [3.63, 3.8) is 0 Å². The van der Waals surface area contributed by atoms with Crippen molar-refractivity contribution in [2.24, 2.45) is 50.2 Å². The van der Waals surface area contributed by atoms with E-state index in [9.17, 15) is 35.1 Å². The van der Waals surface area contributed by atoms with Crippen molar-refractivity contribution in [3.8, 4) is 0 Å². The lowest BCUT2D eigenvalue weighted by molar-refractivity contribution is -0.308. The average Bonchev–Trinajstić information content (AvgIpc) is 2.94. The van der Waals surface area contributed by atoms with E-state index in [-0.39, 0.29) is 46.0 Å². The van der Waals surface area contributed by atoms with Gasteiger partial charge in [0.05, 0.1) is 23.5 Å². The van der Waals surface area contributed by atoms with Gasteiger partial charge >= 0.3 is 11.9 Å². The average molecular weight is 619 g/mol. The Kier molecular flexibility index (Phi) is 7.54. The highest BCUT2D eigenvalue weighted by Crippen LogP contribution is 2.76. The summed E-state index contributed by atoms with van der Waals surface area (Å²) in [6.45, 7) is 13.2. The van der Waals surface area contributed by atoms with Gasteiger partial charge in [-0.25, -0.2) is 0 Å². The van der Waals surface area contributed by atoms with Crippen LogP contribution in [-0.2, 0) is 19.1 Å². The Balaban J connectivity index is 1.34. The first-order chi connectivity index (χ1) is 20.4.